The predicted octanol–water partition coefficient (Wildman–Crippen LogP) is 3.31. The van der Waals surface area contributed by atoms with E-state index in [4.69, 9.17) is 16.0 Å². The summed E-state index contributed by atoms with van der Waals surface area (Å²) in [4.78, 5) is 4.07. The van der Waals surface area contributed by atoms with Crippen LogP contribution in [-0.2, 0) is 6.54 Å². The Bertz CT molecular complexity index is 384. The van der Waals surface area contributed by atoms with Gasteiger partial charge < -0.3 is 9.73 Å². The molecule has 2 aromatic heterocycles. The molecule has 2 rings (SSSR count). The van der Waals surface area contributed by atoms with Gasteiger partial charge in [0.25, 0.3) is 0 Å². The van der Waals surface area contributed by atoms with E-state index in [-0.39, 0.29) is 0 Å². The normalized spacial score (nSPS) is 10.4. The zero-order valence-corrected chi connectivity index (χ0v) is 9.15. The summed E-state index contributed by atoms with van der Waals surface area (Å²) in [5.74, 6) is 1.81. The van der Waals surface area contributed by atoms with Gasteiger partial charge in [-0.15, -0.1) is 0 Å². The molecule has 0 radical (unpaired) electrons. The monoisotopic (exact) mass is 228 g/mol. The Kier molecular flexibility index (Phi) is 2.74. The van der Waals surface area contributed by atoms with Crippen molar-refractivity contribution in [3.63, 3.8) is 0 Å². The van der Waals surface area contributed by atoms with Gasteiger partial charge in [-0.2, -0.15) is 0 Å². The third kappa shape index (κ3) is 2.27. The van der Waals surface area contributed by atoms with Gasteiger partial charge in [0.15, 0.2) is 5.13 Å². The second kappa shape index (κ2) is 4.02. The van der Waals surface area contributed by atoms with E-state index >= 15 is 0 Å². The summed E-state index contributed by atoms with van der Waals surface area (Å²) in [6.45, 7) is 2.56. The number of furan rings is 1. The molecule has 0 fully saturated rings. The van der Waals surface area contributed by atoms with Gasteiger partial charge in [-0.3, -0.25) is 0 Å². The first kappa shape index (κ1) is 9.55. The molecule has 0 bridgehead atoms. The minimum absolute atomic E-state index is 0.637. The molecule has 3 nitrogen and oxygen atoms in total. The zero-order valence-electron chi connectivity index (χ0n) is 7.58. The molecule has 0 aromatic carbocycles. The number of aromatic nitrogens is 1. The molecule has 0 amide bonds. The van der Waals surface area contributed by atoms with Crippen molar-refractivity contribution >= 4 is 28.1 Å². The van der Waals surface area contributed by atoms with Gasteiger partial charge in [0.05, 0.1) is 12.7 Å². The van der Waals surface area contributed by atoms with Gasteiger partial charge in [0, 0.05) is 0 Å². The number of thiazole rings is 1. The van der Waals surface area contributed by atoms with Crippen LogP contribution in [0.3, 0.4) is 0 Å². The molecule has 0 atom stereocenters. The average Bonchev–Trinajstić information content (AvgIpc) is 2.72. The summed E-state index contributed by atoms with van der Waals surface area (Å²) in [7, 11) is 0. The van der Waals surface area contributed by atoms with Crippen LogP contribution in [0.25, 0.3) is 0 Å². The lowest BCUT2D eigenvalue weighted by Gasteiger charge is -1.97. The van der Waals surface area contributed by atoms with Gasteiger partial charge in [0.2, 0.25) is 0 Å². The average molecular weight is 229 g/mol. The third-order valence-electron chi connectivity index (χ3n) is 1.69. The molecule has 0 saturated heterocycles. The molecule has 0 aliphatic carbocycles. The van der Waals surface area contributed by atoms with Crippen molar-refractivity contribution in [3.8, 4) is 0 Å². The smallest absolute Gasteiger partial charge is 0.184 e. The van der Waals surface area contributed by atoms with E-state index in [0.29, 0.717) is 10.9 Å². The van der Waals surface area contributed by atoms with Crippen molar-refractivity contribution in [2.24, 2.45) is 0 Å². The molecule has 0 aliphatic rings. The predicted molar refractivity (Wildman–Crippen MR) is 57.9 cm³/mol. The zero-order chi connectivity index (χ0) is 9.97. The Balaban J connectivity index is 1.94. The second-order valence-electron chi connectivity index (χ2n) is 2.84. The van der Waals surface area contributed by atoms with Crippen molar-refractivity contribution in [1.82, 2.24) is 4.98 Å². The number of rotatable bonds is 3. The largest absolute Gasteiger partial charge is 0.465 e. The first-order valence-electron chi connectivity index (χ1n) is 4.14. The highest BCUT2D eigenvalue weighted by Crippen LogP contribution is 2.23. The fourth-order valence-corrected chi connectivity index (χ4v) is 1.89. The quantitative estimate of drug-likeness (QED) is 0.876. The minimum Gasteiger partial charge on any atom is -0.465 e. The number of nitrogens with one attached hydrogen (secondary N) is 1. The maximum Gasteiger partial charge on any atom is 0.184 e. The van der Waals surface area contributed by atoms with Crippen LogP contribution in [0, 0.1) is 6.92 Å². The van der Waals surface area contributed by atoms with E-state index < -0.39 is 0 Å². The second-order valence-corrected chi connectivity index (χ2v) is 4.50. The fraction of sp³-hybridized carbons (Fsp3) is 0.222. The molecule has 2 heterocycles. The van der Waals surface area contributed by atoms with Crippen LogP contribution in [-0.4, -0.2) is 4.98 Å². The SMILES string of the molecule is Cc1ccc(CNc2ncc(Cl)s2)o1. The summed E-state index contributed by atoms with van der Waals surface area (Å²) in [6.07, 6.45) is 1.63. The van der Waals surface area contributed by atoms with Crippen LogP contribution in [0.15, 0.2) is 22.7 Å². The number of halogens is 1. The van der Waals surface area contributed by atoms with Crippen LogP contribution in [0.4, 0.5) is 5.13 Å². The lowest BCUT2D eigenvalue weighted by Crippen LogP contribution is -1.96. The molecule has 0 spiro atoms. The van der Waals surface area contributed by atoms with E-state index in [2.05, 4.69) is 10.3 Å². The maximum atomic E-state index is 5.74. The van der Waals surface area contributed by atoms with Gasteiger partial charge in [-0.1, -0.05) is 22.9 Å². The Hall–Kier alpha value is -1.00. The molecule has 5 heteroatoms. The minimum atomic E-state index is 0.637. The summed E-state index contributed by atoms with van der Waals surface area (Å²) in [6, 6.07) is 3.88. The summed E-state index contributed by atoms with van der Waals surface area (Å²) < 4.78 is 6.08. The van der Waals surface area contributed by atoms with Gasteiger partial charge in [-0.25, -0.2) is 4.98 Å². The Morgan fingerprint density at radius 3 is 3.00 bits per heavy atom. The molecule has 0 saturated carbocycles. The Morgan fingerprint density at radius 1 is 1.57 bits per heavy atom. The van der Waals surface area contributed by atoms with Gasteiger partial charge >= 0.3 is 0 Å². The van der Waals surface area contributed by atoms with Crippen LogP contribution in [0.1, 0.15) is 11.5 Å². The summed E-state index contributed by atoms with van der Waals surface area (Å²) >= 11 is 7.15. The van der Waals surface area contributed by atoms with E-state index in [1.54, 1.807) is 6.20 Å². The summed E-state index contributed by atoms with van der Waals surface area (Å²) in [5.41, 5.74) is 0. The molecule has 0 aliphatic heterocycles. The van der Waals surface area contributed by atoms with E-state index in [1.807, 2.05) is 19.1 Å². The number of anilines is 1. The number of hydrogen-bond donors (Lipinski definition) is 1. The number of hydrogen-bond acceptors (Lipinski definition) is 4. The van der Waals surface area contributed by atoms with Crippen LogP contribution < -0.4 is 5.32 Å². The van der Waals surface area contributed by atoms with Gasteiger partial charge in [0.1, 0.15) is 15.9 Å². The first-order valence-corrected chi connectivity index (χ1v) is 5.34. The standard InChI is InChI=1S/C9H9ClN2OS/c1-6-2-3-7(13-6)4-11-9-12-5-8(10)14-9/h2-3,5H,4H2,1H3,(H,11,12). The van der Waals surface area contributed by atoms with Gasteiger partial charge in [-0.05, 0) is 19.1 Å². The highest BCUT2D eigenvalue weighted by atomic mass is 35.5. The van der Waals surface area contributed by atoms with E-state index in [0.717, 1.165) is 16.7 Å². The van der Waals surface area contributed by atoms with Crippen molar-refractivity contribution in [1.29, 1.82) is 0 Å². The van der Waals surface area contributed by atoms with Crippen molar-refractivity contribution in [2.75, 3.05) is 5.32 Å². The first-order chi connectivity index (χ1) is 6.74. The molecule has 1 N–H and O–H groups in total. The topological polar surface area (TPSA) is 38.1 Å². The lowest BCUT2D eigenvalue weighted by atomic mass is 10.4. The molecular formula is C9H9ClN2OS. The number of nitrogens with zero attached hydrogens (tertiary/aromatic N) is 1. The Labute approximate surface area is 90.7 Å². The van der Waals surface area contributed by atoms with Crippen molar-refractivity contribution in [3.05, 3.63) is 34.2 Å². The molecular weight excluding hydrogens is 220 g/mol. The lowest BCUT2D eigenvalue weighted by molar-refractivity contribution is 0.490. The molecule has 0 unspecified atom stereocenters. The number of aryl methyl sites for hydroxylation is 1. The molecule has 74 valence electrons. The molecule has 14 heavy (non-hydrogen) atoms. The highest BCUT2D eigenvalue weighted by Gasteiger charge is 2.01. The van der Waals surface area contributed by atoms with Crippen LogP contribution in [0.2, 0.25) is 4.34 Å². The Morgan fingerprint density at radius 2 is 2.43 bits per heavy atom. The fourth-order valence-electron chi connectivity index (χ4n) is 1.08. The summed E-state index contributed by atoms with van der Waals surface area (Å²) in [5, 5.41) is 3.93. The third-order valence-corrected chi connectivity index (χ3v) is 2.76. The highest BCUT2D eigenvalue weighted by molar-refractivity contribution is 7.19. The van der Waals surface area contributed by atoms with E-state index in [9.17, 15) is 0 Å². The van der Waals surface area contributed by atoms with Crippen LogP contribution >= 0.6 is 22.9 Å². The maximum absolute atomic E-state index is 5.74. The van der Waals surface area contributed by atoms with Crippen molar-refractivity contribution in [2.45, 2.75) is 13.5 Å². The molecule has 2 aromatic rings. The van der Waals surface area contributed by atoms with Crippen LogP contribution in [0.5, 0.6) is 0 Å². The van der Waals surface area contributed by atoms with Crippen molar-refractivity contribution < 1.29 is 4.42 Å². The van der Waals surface area contributed by atoms with E-state index in [1.165, 1.54) is 11.3 Å².